The maximum Gasteiger partial charge on any atom is 0.262 e. The summed E-state index contributed by atoms with van der Waals surface area (Å²) < 4.78 is 39.9. The topological polar surface area (TPSA) is 87.3 Å². The number of anilines is 2. The average Bonchev–Trinajstić information content (AvgIpc) is 2.49. The zero-order valence-corrected chi connectivity index (χ0v) is 14.0. The molecule has 3 rings (SSSR count). The first-order valence-corrected chi connectivity index (χ1v) is 8.78. The fourth-order valence-electron chi connectivity index (χ4n) is 2.26. The molecule has 0 spiro atoms. The number of carbonyl (C=O) groups excluding carboxylic acids is 1. The number of sulfonamides is 1. The van der Waals surface area contributed by atoms with Crippen LogP contribution in [-0.4, -0.2) is 20.5 Å². The monoisotopic (exact) mass is 369 g/mol. The lowest BCUT2D eigenvalue weighted by Crippen LogP contribution is -2.51. The molecule has 0 aliphatic carbocycles. The third kappa shape index (κ3) is 3.21. The molecule has 2 aromatic carbocycles. The van der Waals surface area contributed by atoms with E-state index in [2.05, 4.69) is 15.4 Å². The van der Waals surface area contributed by atoms with Crippen LogP contribution in [0.5, 0.6) is 0 Å². The summed E-state index contributed by atoms with van der Waals surface area (Å²) in [5, 5.41) is 5.69. The zero-order chi connectivity index (χ0) is 17.5. The first-order chi connectivity index (χ1) is 11.3. The molecule has 2 aromatic rings. The minimum atomic E-state index is -3.93. The molecule has 1 aliphatic rings. The number of aryl methyl sites for hydroxylation is 1. The smallest absolute Gasteiger partial charge is 0.262 e. The Hall–Kier alpha value is -2.16. The molecule has 24 heavy (non-hydrogen) atoms. The van der Waals surface area contributed by atoms with Gasteiger partial charge in [-0.05, 0) is 42.8 Å². The number of fused-ring (bicyclic) bond motifs is 1. The standard InChI is InChI=1S/C15H13ClFN3O3S/c1-8-2-4-10(7-11(8)16)18-15(21)14-19-12-6-9(17)3-5-13(12)24(22,23)20-14/h2-7,14,19-20H,1H3,(H,18,21)/t14-/m1/s1. The summed E-state index contributed by atoms with van der Waals surface area (Å²) in [5.74, 6) is -1.25. The second-order valence-electron chi connectivity index (χ2n) is 5.29. The number of rotatable bonds is 2. The van der Waals surface area contributed by atoms with Crippen LogP contribution in [0, 0.1) is 12.7 Å². The van der Waals surface area contributed by atoms with Gasteiger partial charge in [0.15, 0.2) is 6.17 Å². The SMILES string of the molecule is Cc1ccc(NC(=O)[C@@H]2Nc3cc(F)ccc3S(=O)(=O)N2)cc1Cl. The molecule has 126 valence electrons. The van der Waals surface area contributed by atoms with Crippen LogP contribution in [0.1, 0.15) is 5.56 Å². The number of hydrogen-bond acceptors (Lipinski definition) is 4. The predicted molar refractivity (Wildman–Crippen MR) is 89.0 cm³/mol. The van der Waals surface area contributed by atoms with E-state index in [4.69, 9.17) is 11.6 Å². The molecule has 9 heteroatoms. The van der Waals surface area contributed by atoms with Crippen molar-refractivity contribution in [2.45, 2.75) is 18.0 Å². The predicted octanol–water partition coefficient (Wildman–Crippen LogP) is 2.46. The van der Waals surface area contributed by atoms with Crippen LogP contribution in [0.4, 0.5) is 15.8 Å². The Morgan fingerprint density at radius 2 is 2.00 bits per heavy atom. The van der Waals surface area contributed by atoms with Crippen molar-refractivity contribution in [2.75, 3.05) is 10.6 Å². The molecule has 0 saturated carbocycles. The van der Waals surface area contributed by atoms with Crippen LogP contribution >= 0.6 is 11.6 Å². The first-order valence-electron chi connectivity index (χ1n) is 6.92. The Labute approximate surface area is 143 Å². The van der Waals surface area contributed by atoms with Gasteiger partial charge >= 0.3 is 0 Å². The fraction of sp³-hybridized carbons (Fsp3) is 0.133. The van der Waals surface area contributed by atoms with Crippen molar-refractivity contribution in [3.63, 3.8) is 0 Å². The van der Waals surface area contributed by atoms with Gasteiger partial charge in [0.2, 0.25) is 10.0 Å². The maximum absolute atomic E-state index is 13.3. The molecule has 0 fully saturated rings. The van der Waals surface area contributed by atoms with Crippen LogP contribution in [0.15, 0.2) is 41.3 Å². The van der Waals surface area contributed by atoms with E-state index in [1.165, 1.54) is 0 Å². The summed E-state index contributed by atoms with van der Waals surface area (Å²) in [5.41, 5.74) is 1.29. The normalized spacial score (nSPS) is 18.4. The van der Waals surface area contributed by atoms with Crippen LogP contribution < -0.4 is 15.4 Å². The van der Waals surface area contributed by atoms with Gasteiger partial charge < -0.3 is 10.6 Å². The van der Waals surface area contributed by atoms with Gasteiger partial charge in [0.1, 0.15) is 10.7 Å². The number of amides is 1. The Bertz CT molecular complexity index is 934. The van der Waals surface area contributed by atoms with E-state index in [-0.39, 0.29) is 10.6 Å². The fourth-order valence-corrected chi connectivity index (χ4v) is 3.70. The van der Waals surface area contributed by atoms with Gasteiger partial charge in [-0.2, -0.15) is 4.72 Å². The Morgan fingerprint density at radius 3 is 2.71 bits per heavy atom. The third-order valence-corrected chi connectivity index (χ3v) is 5.39. The third-order valence-electron chi connectivity index (χ3n) is 3.51. The van der Waals surface area contributed by atoms with Gasteiger partial charge in [0.25, 0.3) is 5.91 Å². The summed E-state index contributed by atoms with van der Waals surface area (Å²) in [6, 6.07) is 8.12. The van der Waals surface area contributed by atoms with E-state index < -0.39 is 27.9 Å². The molecule has 3 N–H and O–H groups in total. The molecule has 6 nitrogen and oxygen atoms in total. The maximum atomic E-state index is 13.3. The molecule has 0 bridgehead atoms. The summed E-state index contributed by atoms with van der Waals surface area (Å²) >= 11 is 5.99. The highest BCUT2D eigenvalue weighted by atomic mass is 35.5. The summed E-state index contributed by atoms with van der Waals surface area (Å²) in [6.45, 7) is 1.82. The largest absolute Gasteiger partial charge is 0.360 e. The van der Waals surface area contributed by atoms with Crippen molar-refractivity contribution in [1.29, 1.82) is 0 Å². The lowest BCUT2D eigenvalue weighted by Gasteiger charge is -2.27. The van der Waals surface area contributed by atoms with Crippen molar-refractivity contribution >= 4 is 38.9 Å². The number of benzene rings is 2. The molecule has 0 aromatic heterocycles. The Kier molecular flexibility index (Phi) is 4.20. The van der Waals surface area contributed by atoms with Gasteiger partial charge in [0.05, 0.1) is 5.69 Å². The highest BCUT2D eigenvalue weighted by Gasteiger charge is 2.33. The summed E-state index contributed by atoms with van der Waals surface area (Å²) in [6.07, 6.45) is -1.27. The molecular formula is C15H13ClFN3O3S. The second kappa shape index (κ2) is 6.04. The number of hydrogen-bond donors (Lipinski definition) is 3. The minimum Gasteiger partial charge on any atom is -0.360 e. The lowest BCUT2D eigenvalue weighted by atomic mass is 10.2. The van der Waals surface area contributed by atoms with Crippen molar-refractivity contribution in [1.82, 2.24) is 4.72 Å². The minimum absolute atomic E-state index is 0.0239. The van der Waals surface area contributed by atoms with Crippen LogP contribution in [-0.2, 0) is 14.8 Å². The summed E-state index contributed by atoms with van der Waals surface area (Å²) in [7, 11) is -3.93. The molecule has 1 amide bonds. The van der Waals surface area contributed by atoms with Gasteiger partial charge in [-0.15, -0.1) is 0 Å². The van der Waals surface area contributed by atoms with Crippen LogP contribution in [0.2, 0.25) is 5.02 Å². The van der Waals surface area contributed by atoms with E-state index in [0.29, 0.717) is 10.7 Å². The molecule has 1 heterocycles. The molecule has 0 unspecified atom stereocenters. The quantitative estimate of drug-likeness (QED) is 0.758. The van der Waals surface area contributed by atoms with E-state index in [1.807, 2.05) is 6.92 Å². The number of carbonyl (C=O) groups is 1. The number of halogens is 2. The average molecular weight is 370 g/mol. The Morgan fingerprint density at radius 1 is 1.25 bits per heavy atom. The van der Waals surface area contributed by atoms with E-state index in [1.54, 1.807) is 18.2 Å². The molecule has 0 saturated heterocycles. The molecule has 1 aliphatic heterocycles. The van der Waals surface area contributed by atoms with Gasteiger partial charge in [-0.1, -0.05) is 17.7 Å². The number of nitrogens with one attached hydrogen (secondary N) is 3. The zero-order valence-electron chi connectivity index (χ0n) is 12.4. The lowest BCUT2D eigenvalue weighted by molar-refractivity contribution is -0.117. The van der Waals surface area contributed by atoms with Crippen molar-refractivity contribution in [3.05, 3.63) is 52.8 Å². The Balaban J connectivity index is 1.85. The molecule has 0 radical (unpaired) electrons. The second-order valence-corrected chi connectivity index (χ2v) is 7.38. The van der Waals surface area contributed by atoms with Crippen LogP contribution in [0.3, 0.4) is 0 Å². The molecular weight excluding hydrogens is 357 g/mol. The van der Waals surface area contributed by atoms with Crippen molar-refractivity contribution in [2.24, 2.45) is 0 Å². The van der Waals surface area contributed by atoms with Gasteiger partial charge in [-0.3, -0.25) is 4.79 Å². The highest BCUT2D eigenvalue weighted by molar-refractivity contribution is 7.89. The van der Waals surface area contributed by atoms with Crippen molar-refractivity contribution < 1.29 is 17.6 Å². The molecule has 1 atom stereocenters. The van der Waals surface area contributed by atoms with Crippen LogP contribution in [0.25, 0.3) is 0 Å². The van der Waals surface area contributed by atoms with Gasteiger partial charge in [-0.25, -0.2) is 12.8 Å². The highest BCUT2D eigenvalue weighted by Crippen LogP contribution is 2.27. The first kappa shape index (κ1) is 16.7. The summed E-state index contributed by atoms with van der Waals surface area (Å²) in [4.78, 5) is 12.2. The van der Waals surface area contributed by atoms with Crippen molar-refractivity contribution in [3.8, 4) is 0 Å². The van der Waals surface area contributed by atoms with E-state index in [9.17, 15) is 17.6 Å². The van der Waals surface area contributed by atoms with E-state index >= 15 is 0 Å². The van der Waals surface area contributed by atoms with E-state index in [0.717, 1.165) is 23.8 Å². The van der Waals surface area contributed by atoms with Gasteiger partial charge in [0, 0.05) is 10.7 Å².